The normalized spacial score (nSPS) is 20.8. The van der Waals surface area contributed by atoms with E-state index in [4.69, 9.17) is 4.98 Å². The molecule has 1 saturated heterocycles. The third-order valence-electron chi connectivity index (χ3n) is 3.83. The van der Waals surface area contributed by atoms with Gasteiger partial charge in [-0.1, -0.05) is 6.92 Å². The lowest BCUT2D eigenvalue weighted by Gasteiger charge is -2.29. The summed E-state index contributed by atoms with van der Waals surface area (Å²) in [5.41, 5.74) is 0. The summed E-state index contributed by atoms with van der Waals surface area (Å²) in [6.45, 7) is 7.76. The summed E-state index contributed by atoms with van der Waals surface area (Å²) in [4.78, 5) is 14.1. The van der Waals surface area contributed by atoms with Gasteiger partial charge in [0.1, 0.15) is 17.5 Å². The number of aryl methyl sites for hydroxylation is 1. The Hall–Kier alpha value is -1.36. The molecule has 1 unspecified atom stereocenters. The van der Waals surface area contributed by atoms with Gasteiger partial charge in [0.25, 0.3) is 0 Å². The lowest BCUT2D eigenvalue weighted by molar-refractivity contribution is 0.337. The van der Waals surface area contributed by atoms with Gasteiger partial charge in [-0.3, -0.25) is 0 Å². The number of hydrogen-bond donors (Lipinski definition) is 1. The van der Waals surface area contributed by atoms with E-state index < -0.39 is 0 Å². The quantitative estimate of drug-likeness (QED) is 0.912. The van der Waals surface area contributed by atoms with Gasteiger partial charge >= 0.3 is 0 Å². The predicted octanol–water partition coefficient (Wildman–Crippen LogP) is 2.00. The maximum atomic E-state index is 4.77. The predicted molar refractivity (Wildman–Crippen MR) is 84.5 cm³/mol. The summed E-state index contributed by atoms with van der Waals surface area (Å²) in [6.07, 6.45) is 3.19. The van der Waals surface area contributed by atoms with Gasteiger partial charge in [0.2, 0.25) is 0 Å². The molecule has 0 spiro atoms. The minimum atomic E-state index is 0.483. The smallest absolute Gasteiger partial charge is 0.134 e. The summed E-state index contributed by atoms with van der Waals surface area (Å²) in [6, 6.07) is 2.55. The van der Waals surface area contributed by atoms with Crippen LogP contribution in [-0.2, 0) is 6.42 Å². The summed E-state index contributed by atoms with van der Waals surface area (Å²) >= 11 is 0. The van der Waals surface area contributed by atoms with Crippen molar-refractivity contribution < 1.29 is 0 Å². The molecule has 1 aliphatic heterocycles. The van der Waals surface area contributed by atoms with E-state index in [0.29, 0.717) is 6.04 Å². The summed E-state index contributed by atoms with van der Waals surface area (Å²) in [5.74, 6) is 2.93. The SMILES string of the molecule is CCCc1nc(NC)cc(N2CCCN(C)CC2C)n1. The van der Waals surface area contributed by atoms with Gasteiger partial charge in [-0.05, 0) is 33.4 Å². The molecule has 0 radical (unpaired) electrons. The maximum Gasteiger partial charge on any atom is 0.134 e. The topological polar surface area (TPSA) is 44.3 Å². The largest absolute Gasteiger partial charge is 0.373 e. The molecule has 1 N–H and O–H groups in total. The van der Waals surface area contributed by atoms with Crippen LogP contribution in [0, 0.1) is 0 Å². The molecule has 0 aliphatic carbocycles. The van der Waals surface area contributed by atoms with E-state index in [2.05, 4.69) is 47.1 Å². The first-order chi connectivity index (χ1) is 9.63. The molecule has 0 aromatic carbocycles. The van der Waals surface area contributed by atoms with E-state index in [1.54, 1.807) is 0 Å². The van der Waals surface area contributed by atoms with Gasteiger partial charge in [-0.15, -0.1) is 0 Å². The first kappa shape index (κ1) is 15.0. The van der Waals surface area contributed by atoms with Crippen LogP contribution in [0.15, 0.2) is 6.07 Å². The average Bonchev–Trinajstić information content (AvgIpc) is 2.59. The van der Waals surface area contributed by atoms with Crippen LogP contribution in [0.1, 0.15) is 32.5 Å². The van der Waals surface area contributed by atoms with Crippen LogP contribution in [0.25, 0.3) is 0 Å². The maximum absolute atomic E-state index is 4.77. The van der Waals surface area contributed by atoms with Crippen molar-refractivity contribution in [2.75, 3.05) is 43.9 Å². The zero-order chi connectivity index (χ0) is 14.5. The van der Waals surface area contributed by atoms with Crippen LogP contribution in [0.2, 0.25) is 0 Å². The van der Waals surface area contributed by atoms with Crippen LogP contribution >= 0.6 is 0 Å². The Labute approximate surface area is 122 Å². The Kier molecular flexibility index (Phi) is 5.17. The molecular weight excluding hydrogens is 250 g/mol. The second-order valence-electron chi connectivity index (χ2n) is 5.69. The highest BCUT2D eigenvalue weighted by Crippen LogP contribution is 2.21. The van der Waals surface area contributed by atoms with Crippen molar-refractivity contribution >= 4 is 11.6 Å². The van der Waals surface area contributed by atoms with Crippen molar-refractivity contribution in [3.8, 4) is 0 Å². The second-order valence-corrected chi connectivity index (χ2v) is 5.69. The molecule has 0 amide bonds. The third kappa shape index (κ3) is 3.60. The minimum absolute atomic E-state index is 0.483. The van der Waals surface area contributed by atoms with E-state index in [9.17, 15) is 0 Å². The molecule has 20 heavy (non-hydrogen) atoms. The Bertz CT molecular complexity index is 434. The molecule has 0 bridgehead atoms. The van der Waals surface area contributed by atoms with Gasteiger partial charge < -0.3 is 15.1 Å². The van der Waals surface area contributed by atoms with Crippen LogP contribution < -0.4 is 10.2 Å². The fourth-order valence-electron chi connectivity index (χ4n) is 2.81. The van der Waals surface area contributed by atoms with Crippen molar-refractivity contribution in [3.63, 3.8) is 0 Å². The van der Waals surface area contributed by atoms with E-state index in [0.717, 1.165) is 49.9 Å². The van der Waals surface area contributed by atoms with Crippen molar-refractivity contribution in [1.82, 2.24) is 14.9 Å². The Balaban J connectivity index is 2.27. The molecule has 5 heteroatoms. The van der Waals surface area contributed by atoms with Gasteiger partial charge in [-0.2, -0.15) is 0 Å². The van der Waals surface area contributed by atoms with Gasteiger partial charge in [-0.25, -0.2) is 9.97 Å². The second kappa shape index (κ2) is 6.88. The van der Waals surface area contributed by atoms with Crippen molar-refractivity contribution in [1.29, 1.82) is 0 Å². The van der Waals surface area contributed by atoms with Gasteiger partial charge in [0.05, 0.1) is 0 Å². The monoisotopic (exact) mass is 277 g/mol. The van der Waals surface area contributed by atoms with E-state index in [1.807, 2.05) is 7.05 Å². The van der Waals surface area contributed by atoms with Crippen molar-refractivity contribution in [2.24, 2.45) is 0 Å². The molecule has 1 aromatic rings. The first-order valence-corrected chi connectivity index (χ1v) is 7.65. The number of rotatable bonds is 4. The number of anilines is 2. The molecule has 5 nitrogen and oxygen atoms in total. The van der Waals surface area contributed by atoms with Crippen LogP contribution in [0.3, 0.4) is 0 Å². The zero-order valence-electron chi connectivity index (χ0n) is 13.2. The van der Waals surface area contributed by atoms with E-state index >= 15 is 0 Å². The number of nitrogens with zero attached hydrogens (tertiary/aromatic N) is 4. The summed E-state index contributed by atoms with van der Waals surface area (Å²) in [7, 11) is 4.11. The third-order valence-corrected chi connectivity index (χ3v) is 3.83. The molecule has 2 rings (SSSR count). The van der Waals surface area contributed by atoms with Crippen molar-refractivity contribution in [3.05, 3.63) is 11.9 Å². The highest BCUT2D eigenvalue weighted by molar-refractivity contribution is 5.50. The lowest BCUT2D eigenvalue weighted by Crippen LogP contribution is -2.38. The fraction of sp³-hybridized carbons (Fsp3) is 0.733. The van der Waals surface area contributed by atoms with Crippen LogP contribution in [0.5, 0.6) is 0 Å². The number of nitrogens with one attached hydrogen (secondary N) is 1. The van der Waals surface area contributed by atoms with Gasteiger partial charge in [0.15, 0.2) is 0 Å². The van der Waals surface area contributed by atoms with Crippen LogP contribution in [0.4, 0.5) is 11.6 Å². The molecule has 112 valence electrons. The number of likely N-dealkylation sites (N-methyl/N-ethyl adjacent to an activating group) is 1. The standard InChI is InChI=1S/C15H27N5/c1-5-7-13-17-14(16-3)10-15(18-13)20-9-6-8-19(4)11-12(20)2/h10,12H,5-9,11H2,1-4H3,(H,16,17,18). The highest BCUT2D eigenvalue weighted by atomic mass is 15.3. The van der Waals surface area contributed by atoms with Crippen molar-refractivity contribution in [2.45, 2.75) is 39.2 Å². The molecule has 1 fully saturated rings. The number of hydrogen-bond acceptors (Lipinski definition) is 5. The molecule has 0 saturated carbocycles. The number of aromatic nitrogens is 2. The van der Waals surface area contributed by atoms with Gasteiger partial charge in [0, 0.05) is 38.7 Å². The average molecular weight is 277 g/mol. The Morgan fingerprint density at radius 2 is 2.15 bits per heavy atom. The minimum Gasteiger partial charge on any atom is -0.373 e. The molecule has 2 heterocycles. The first-order valence-electron chi connectivity index (χ1n) is 7.65. The fourth-order valence-corrected chi connectivity index (χ4v) is 2.81. The Morgan fingerprint density at radius 3 is 2.85 bits per heavy atom. The molecule has 1 atom stereocenters. The highest BCUT2D eigenvalue weighted by Gasteiger charge is 2.21. The Morgan fingerprint density at radius 1 is 1.35 bits per heavy atom. The van der Waals surface area contributed by atoms with E-state index in [1.165, 1.54) is 6.42 Å². The van der Waals surface area contributed by atoms with E-state index in [-0.39, 0.29) is 0 Å². The summed E-state index contributed by atoms with van der Waals surface area (Å²) in [5, 5.41) is 3.16. The molecular formula is C15H27N5. The summed E-state index contributed by atoms with van der Waals surface area (Å²) < 4.78 is 0. The lowest BCUT2D eigenvalue weighted by atomic mass is 10.2. The zero-order valence-corrected chi connectivity index (χ0v) is 13.2. The molecule has 1 aliphatic rings. The molecule has 1 aromatic heterocycles. The van der Waals surface area contributed by atoms with Crippen LogP contribution in [-0.4, -0.2) is 54.6 Å².